The van der Waals surface area contributed by atoms with Crippen molar-refractivity contribution in [2.24, 2.45) is 12.9 Å². The minimum absolute atomic E-state index is 0.212. The number of carbonyl (C=O) groups excluding carboxylic acids is 1. The van der Waals surface area contributed by atoms with Crippen LogP contribution in [0.4, 0.5) is 0 Å². The number of nitrogens with zero attached hydrogens (tertiary/aromatic N) is 2. The van der Waals surface area contributed by atoms with Crippen molar-refractivity contribution in [2.45, 2.75) is 6.54 Å². The van der Waals surface area contributed by atoms with Crippen LogP contribution < -0.4 is 15.8 Å². The van der Waals surface area contributed by atoms with Crippen molar-refractivity contribution in [3.63, 3.8) is 0 Å². The summed E-state index contributed by atoms with van der Waals surface area (Å²) in [6.45, 7) is 0.234. The number of amides is 1. The van der Waals surface area contributed by atoms with E-state index in [0.717, 1.165) is 11.0 Å². The maximum absolute atomic E-state index is 11.2. The van der Waals surface area contributed by atoms with Crippen LogP contribution >= 0.6 is 0 Å². The van der Waals surface area contributed by atoms with Gasteiger partial charge in [0.2, 0.25) is 6.33 Å². The van der Waals surface area contributed by atoms with Gasteiger partial charge in [0.25, 0.3) is 5.91 Å². The van der Waals surface area contributed by atoms with Gasteiger partial charge in [0.1, 0.15) is 0 Å². The van der Waals surface area contributed by atoms with Crippen molar-refractivity contribution in [1.29, 1.82) is 0 Å². The number of nitrogens with one attached hydrogen (secondary N) is 1. The number of hydrogen-bond donors (Lipinski definition) is 2. The molecule has 0 radical (unpaired) electrons. The molecule has 0 saturated carbocycles. The first-order valence-corrected chi connectivity index (χ1v) is 4.65. The summed E-state index contributed by atoms with van der Waals surface area (Å²) >= 11 is 0. The fraction of sp³-hybridized carbons (Fsp3) is 0.200. The van der Waals surface area contributed by atoms with Crippen molar-refractivity contribution in [2.75, 3.05) is 0 Å². The molecule has 0 fully saturated rings. The highest BCUT2D eigenvalue weighted by Gasteiger charge is 2.14. The number of imidazole rings is 1. The van der Waals surface area contributed by atoms with Crippen LogP contribution in [0, 0.1) is 0 Å². The van der Waals surface area contributed by atoms with Gasteiger partial charge in [0.15, 0.2) is 17.6 Å². The van der Waals surface area contributed by atoms with Crippen LogP contribution in [0.5, 0.6) is 0 Å². The molecule has 0 saturated heterocycles. The first-order valence-electron chi connectivity index (χ1n) is 4.65. The Kier molecular flexibility index (Phi) is 2.39. The van der Waals surface area contributed by atoms with Crippen LogP contribution in [-0.4, -0.2) is 10.5 Å². The van der Waals surface area contributed by atoms with Gasteiger partial charge < -0.3 is 0 Å². The Balaban J connectivity index is 2.48. The Bertz CT molecular complexity index is 503. The summed E-state index contributed by atoms with van der Waals surface area (Å²) in [6, 6.07) is 7.89. The Morgan fingerprint density at radius 2 is 2.27 bits per heavy atom. The van der Waals surface area contributed by atoms with Gasteiger partial charge in [-0.05, 0) is 12.1 Å². The van der Waals surface area contributed by atoms with E-state index >= 15 is 0 Å². The van der Waals surface area contributed by atoms with E-state index in [1.807, 2.05) is 46.8 Å². The van der Waals surface area contributed by atoms with Crippen molar-refractivity contribution < 1.29 is 9.36 Å². The first-order chi connectivity index (χ1) is 7.22. The highest BCUT2D eigenvalue weighted by molar-refractivity contribution is 5.78. The molecular weight excluding hydrogens is 192 g/mol. The fourth-order valence-electron chi connectivity index (χ4n) is 1.67. The molecule has 78 valence electrons. The van der Waals surface area contributed by atoms with E-state index in [1.165, 1.54) is 0 Å². The minimum Gasteiger partial charge on any atom is -0.291 e. The maximum atomic E-state index is 11.2. The van der Waals surface area contributed by atoms with Crippen molar-refractivity contribution >= 4 is 16.9 Å². The lowest BCUT2D eigenvalue weighted by atomic mass is 10.3. The molecule has 0 unspecified atom stereocenters. The van der Waals surface area contributed by atoms with E-state index in [-0.39, 0.29) is 12.5 Å². The summed E-state index contributed by atoms with van der Waals surface area (Å²) in [6.07, 6.45) is 1.87. The molecule has 5 heteroatoms. The summed E-state index contributed by atoms with van der Waals surface area (Å²) in [5.74, 6) is 4.84. The summed E-state index contributed by atoms with van der Waals surface area (Å²) in [7, 11) is 1.94. The number of aryl methyl sites for hydroxylation is 1. The molecular formula is C10H13N4O+. The summed E-state index contributed by atoms with van der Waals surface area (Å²) in [4.78, 5) is 11.2. The number of nitrogens with two attached hydrogens (primary N) is 1. The zero-order valence-electron chi connectivity index (χ0n) is 8.47. The lowest BCUT2D eigenvalue weighted by molar-refractivity contribution is -0.645. The highest BCUT2D eigenvalue weighted by atomic mass is 16.2. The minimum atomic E-state index is -0.212. The van der Waals surface area contributed by atoms with Gasteiger partial charge in [-0.25, -0.2) is 15.0 Å². The number of rotatable bonds is 2. The second-order valence-corrected chi connectivity index (χ2v) is 3.41. The summed E-state index contributed by atoms with van der Waals surface area (Å²) < 4.78 is 3.83. The number of hydrogen-bond acceptors (Lipinski definition) is 2. The number of hydrazine groups is 1. The molecule has 5 nitrogen and oxygen atoms in total. The smallest absolute Gasteiger partial charge is 0.276 e. The predicted octanol–water partition coefficient (Wildman–Crippen LogP) is -0.544. The molecule has 1 heterocycles. The second kappa shape index (κ2) is 3.70. The number of fused-ring (bicyclic) bond motifs is 1. The highest BCUT2D eigenvalue weighted by Crippen LogP contribution is 2.09. The monoisotopic (exact) mass is 205 g/mol. The molecule has 1 amide bonds. The van der Waals surface area contributed by atoms with Crippen LogP contribution in [0.2, 0.25) is 0 Å². The Morgan fingerprint density at radius 1 is 1.53 bits per heavy atom. The van der Waals surface area contributed by atoms with Gasteiger partial charge in [0, 0.05) is 0 Å². The van der Waals surface area contributed by atoms with Crippen LogP contribution in [-0.2, 0) is 18.4 Å². The standard InChI is InChI=1S/C10H12N4O/c1-13-7-14(6-10(15)12-11)9-5-3-2-4-8(9)13/h2-5,7H,6,11H2,1H3/p+1. The maximum Gasteiger partial charge on any atom is 0.276 e. The summed E-state index contributed by atoms with van der Waals surface area (Å²) in [5, 5.41) is 0. The van der Waals surface area contributed by atoms with Gasteiger partial charge in [-0.1, -0.05) is 12.1 Å². The largest absolute Gasteiger partial charge is 0.291 e. The Morgan fingerprint density at radius 3 is 3.00 bits per heavy atom. The van der Waals surface area contributed by atoms with E-state index in [1.54, 1.807) is 0 Å². The van der Waals surface area contributed by atoms with Crippen molar-refractivity contribution in [1.82, 2.24) is 9.99 Å². The fourth-order valence-corrected chi connectivity index (χ4v) is 1.67. The molecule has 1 aromatic heterocycles. The predicted molar refractivity (Wildman–Crippen MR) is 55.4 cm³/mol. The molecule has 0 bridgehead atoms. The van der Waals surface area contributed by atoms with Crippen LogP contribution in [0.3, 0.4) is 0 Å². The summed E-state index contributed by atoms with van der Waals surface area (Å²) in [5.41, 5.74) is 4.22. The molecule has 2 aromatic rings. The molecule has 0 atom stereocenters. The molecule has 0 aliphatic rings. The topological polar surface area (TPSA) is 63.9 Å². The van der Waals surface area contributed by atoms with Crippen molar-refractivity contribution in [3.05, 3.63) is 30.6 Å². The normalized spacial score (nSPS) is 10.5. The number of carbonyl (C=O) groups is 1. The second-order valence-electron chi connectivity index (χ2n) is 3.41. The van der Waals surface area contributed by atoms with E-state index in [4.69, 9.17) is 5.84 Å². The third-order valence-electron chi connectivity index (χ3n) is 2.36. The molecule has 2 rings (SSSR count). The number of benzene rings is 1. The quantitative estimate of drug-likeness (QED) is 0.299. The van der Waals surface area contributed by atoms with Gasteiger partial charge >= 0.3 is 0 Å². The molecule has 0 aliphatic carbocycles. The SMILES string of the molecule is C[n+]1cn(CC(=O)NN)c2ccccc21. The zero-order valence-corrected chi connectivity index (χ0v) is 8.47. The van der Waals surface area contributed by atoms with E-state index in [9.17, 15) is 4.79 Å². The number of para-hydroxylation sites is 2. The third kappa shape index (κ3) is 1.69. The van der Waals surface area contributed by atoms with Gasteiger partial charge in [-0.3, -0.25) is 10.2 Å². The third-order valence-corrected chi connectivity index (χ3v) is 2.36. The molecule has 15 heavy (non-hydrogen) atoms. The average molecular weight is 205 g/mol. The molecule has 0 aliphatic heterocycles. The van der Waals surface area contributed by atoms with Crippen LogP contribution in [0.25, 0.3) is 11.0 Å². The molecule has 1 aromatic carbocycles. The zero-order chi connectivity index (χ0) is 10.8. The Hall–Kier alpha value is -1.88. The van der Waals surface area contributed by atoms with Crippen molar-refractivity contribution in [3.8, 4) is 0 Å². The first kappa shape index (κ1) is 9.67. The van der Waals surface area contributed by atoms with Crippen LogP contribution in [0.15, 0.2) is 30.6 Å². The lowest BCUT2D eigenvalue weighted by Gasteiger charge is -1.95. The average Bonchev–Trinajstić information content (AvgIpc) is 2.57. The number of aromatic nitrogens is 2. The Labute approximate surface area is 87.1 Å². The molecule has 0 spiro atoms. The van der Waals surface area contributed by atoms with Crippen LogP contribution in [0.1, 0.15) is 0 Å². The molecule has 3 N–H and O–H groups in total. The van der Waals surface area contributed by atoms with E-state index in [2.05, 4.69) is 5.43 Å². The van der Waals surface area contributed by atoms with Gasteiger partial charge in [0.05, 0.1) is 7.05 Å². The van der Waals surface area contributed by atoms with Gasteiger partial charge in [-0.2, -0.15) is 0 Å². The van der Waals surface area contributed by atoms with E-state index in [0.29, 0.717) is 0 Å². The van der Waals surface area contributed by atoms with Gasteiger partial charge in [-0.15, -0.1) is 0 Å². The van der Waals surface area contributed by atoms with E-state index < -0.39 is 0 Å². The lowest BCUT2D eigenvalue weighted by Crippen LogP contribution is -2.33.